The standard InChI is InChI=1S/C10H16N2O2/c13-8-7-11-9(14)10(12-8)5-3-1-2-4-6-10/h1-7H2,(H,11,14)(H,12,13). The molecule has 0 bridgehead atoms. The van der Waals surface area contributed by atoms with Crippen molar-refractivity contribution in [3.05, 3.63) is 0 Å². The van der Waals surface area contributed by atoms with Gasteiger partial charge in [-0.25, -0.2) is 0 Å². The van der Waals surface area contributed by atoms with Crippen LogP contribution in [0.25, 0.3) is 0 Å². The van der Waals surface area contributed by atoms with Crippen LogP contribution in [0.5, 0.6) is 0 Å². The van der Waals surface area contributed by atoms with Gasteiger partial charge in [0, 0.05) is 0 Å². The minimum atomic E-state index is -0.578. The molecule has 2 N–H and O–H groups in total. The first-order chi connectivity index (χ1) is 6.73. The van der Waals surface area contributed by atoms with E-state index in [0.717, 1.165) is 25.7 Å². The van der Waals surface area contributed by atoms with E-state index >= 15 is 0 Å². The van der Waals surface area contributed by atoms with E-state index in [2.05, 4.69) is 10.6 Å². The highest BCUT2D eigenvalue weighted by Crippen LogP contribution is 2.28. The lowest BCUT2D eigenvalue weighted by molar-refractivity contribution is -0.139. The summed E-state index contributed by atoms with van der Waals surface area (Å²) < 4.78 is 0. The van der Waals surface area contributed by atoms with Gasteiger partial charge in [-0.05, 0) is 12.8 Å². The van der Waals surface area contributed by atoms with E-state index in [1.54, 1.807) is 0 Å². The van der Waals surface area contributed by atoms with Crippen LogP contribution in [-0.2, 0) is 9.59 Å². The van der Waals surface area contributed by atoms with E-state index in [9.17, 15) is 9.59 Å². The Bertz CT molecular complexity index is 255. The number of carbonyl (C=O) groups excluding carboxylic acids is 2. The fourth-order valence-electron chi connectivity index (χ4n) is 2.38. The molecular formula is C10H16N2O2. The molecule has 0 radical (unpaired) electrons. The number of rotatable bonds is 0. The molecule has 2 aliphatic rings. The largest absolute Gasteiger partial charge is 0.345 e. The first-order valence-corrected chi connectivity index (χ1v) is 5.32. The highest BCUT2D eigenvalue weighted by Gasteiger charge is 2.42. The highest BCUT2D eigenvalue weighted by atomic mass is 16.2. The predicted molar refractivity (Wildman–Crippen MR) is 51.6 cm³/mol. The Balaban J connectivity index is 2.16. The summed E-state index contributed by atoms with van der Waals surface area (Å²) in [5.74, 6) is -0.0366. The molecule has 2 amide bonds. The second-order valence-corrected chi connectivity index (χ2v) is 4.23. The maximum atomic E-state index is 11.7. The first kappa shape index (κ1) is 9.49. The van der Waals surface area contributed by atoms with E-state index < -0.39 is 5.54 Å². The third-order valence-corrected chi connectivity index (χ3v) is 3.18. The Hall–Kier alpha value is -1.06. The summed E-state index contributed by atoms with van der Waals surface area (Å²) in [5, 5.41) is 5.54. The van der Waals surface area contributed by atoms with Gasteiger partial charge in [-0.15, -0.1) is 0 Å². The third kappa shape index (κ3) is 1.61. The van der Waals surface area contributed by atoms with E-state index in [4.69, 9.17) is 0 Å². The van der Waals surface area contributed by atoms with Crippen LogP contribution >= 0.6 is 0 Å². The number of hydrogen-bond acceptors (Lipinski definition) is 2. The van der Waals surface area contributed by atoms with Gasteiger partial charge in [-0.3, -0.25) is 9.59 Å². The zero-order valence-corrected chi connectivity index (χ0v) is 8.27. The van der Waals surface area contributed by atoms with Crippen molar-refractivity contribution in [2.45, 2.75) is 44.1 Å². The molecule has 2 rings (SSSR count). The van der Waals surface area contributed by atoms with Crippen LogP contribution in [0.1, 0.15) is 38.5 Å². The lowest BCUT2D eigenvalue weighted by atomic mass is 9.87. The molecule has 4 heteroatoms. The zero-order valence-electron chi connectivity index (χ0n) is 8.27. The minimum Gasteiger partial charge on any atom is -0.345 e. The van der Waals surface area contributed by atoms with E-state index in [1.807, 2.05) is 0 Å². The van der Waals surface area contributed by atoms with Crippen molar-refractivity contribution in [2.24, 2.45) is 0 Å². The fraction of sp³-hybridized carbons (Fsp3) is 0.800. The van der Waals surface area contributed by atoms with E-state index in [0.29, 0.717) is 0 Å². The summed E-state index contributed by atoms with van der Waals surface area (Å²) in [5.41, 5.74) is -0.578. The lowest BCUT2D eigenvalue weighted by Gasteiger charge is -2.35. The zero-order chi connectivity index (χ0) is 10.0. The fourth-order valence-corrected chi connectivity index (χ4v) is 2.38. The first-order valence-electron chi connectivity index (χ1n) is 5.32. The van der Waals surface area contributed by atoms with E-state index in [-0.39, 0.29) is 18.4 Å². The normalized spacial score (nSPS) is 26.6. The van der Waals surface area contributed by atoms with Crippen LogP contribution in [0.3, 0.4) is 0 Å². The maximum Gasteiger partial charge on any atom is 0.246 e. The molecule has 2 fully saturated rings. The second kappa shape index (κ2) is 3.59. The van der Waals surface area contributed by atoms with Gasteiger partial charge >= 0.3 is 0 Å². The van der Waals surface area contributed by atoms with Gasteiger partial charge < -0.3 is 10.6 Å². The van der Waals surface area contributed by atoms with Gasteiger partial charge in [0.05, 0.1) is 6.54 Å². The highest BCUT2D eigenvalue weighted by molar-refractivity contribution is 5.97. The van der Waals surface area contributed by atoms with Crippen molar-refractivity contribution in [3.63, 3.8) is 0 Å². The molecular weight excluding hydrogens is 180 g/mol. The quantitative estimate of drug-likeness (QED) is 0.586. The lowest BCUT2D eigenvalue weighted by Crippen LogP contribution is -2.65. The number of hydrogen-bond donors (Lipinski definition) is 2. The van der Waals surface area contributed by atoms with Crippen molar-refractivity contribution < 1.29 is 9.59 Å². The summed E-state index contributed by atoms with van der Waals surface area (Å²) in [6, 6.07) is 0. The van der Waals surface area contributed by atoms with Crippen molar-refractivity contribution in [3.8, 4) is 0 Å². The molecule has 1 heterocycles. The van der Waals surface area contributed by atoms with E-state index in [1.165, 1.54) is 12.8 Å². The van der Waals surface area contributed by atoms with Gasteiger partial charge in [0.2, 0.25) is 11.8 Å². The molecule has 0 atom stereocenters. The molecule has 1 saturated carbocycles. The monoisotopic (exact) mass is 196 g/mol. The maximum absolute atomic E-state index is 11.7. The Labute approximate surface area is 83.4 Å². The van der Waals surface area contributed by atoms with Crippen molar-refractivity contribution in [2.75, 3.05) is 6.54 Å². The average Bonchev–Trinajstić information content (AvgIpc) is 2.39. The molecule has 4 nitrogen and oxygen atoms in total. The molecule has 0 aromatic heterocycles. The van der Waals surface area contributed by atoms with Gasteiger partial charge in [0.1, 0.15) is 5.54 Å². The van der Waals surface area contributed by atoms with Crippen LogP contribution in [0, 0.1) is 0 Å². The molecule has 14 heavy (non-hydrogen) atoms. The Morgan fingerprint density at radius 1 is 1.00 bits per heavy atom. The predicted octanol–water partition coefficient (Wildman–Crippen LogP) is 0.325. The SMILES string of the molecule is O=C1CNC(=O)C2(CCCCCC2)N1. The summed E-state index contributed by atoms with van der Waals surface area (Å²) >= 11 is 0. The summed E-state index contributed by atoms with van der Waals surface area (Å²) in [7, 11) is 0. The molecule has 1 saturated heterocycles. The second-order valence-electron chi connectivity index (χ2n) is 4.23. The van der Waals surface area contributed by atoms with Crippen LogP contribution < -0.4 is 10.6 Å². The Kier molecular flexibility index (Phi) is 2.44. The van der Waals surface area contributed by atoms with Crippen LogP contribution in [-0.4, -0.2) is 23.9 Å². The average molecular weight is 196 g/mol. The number of piperazine rings is 1. The molecule has 0 aromatic rings. The van der Waals surface area contributed by atoms with Crippen LogP contribution in [0.2, 0.25) is 0 Å². The van der Waals surface area contributed by atoms with Crippen molar-refractivity contribution >= 4 is 11.8 Å². The number of carbonyl (C=O) groups is 2. The molecule has 1 aliphatic heterocycles. The van der Waals surface area contributed by atoms with Gasteiger partial charge in [-0.2, -0.15) is 0 Å². The number of amides is 2. The number of nitrogens with one attached hydrogen (secondary N) is 2. The summed E-state index contributed by atoms with van der Waals surface area (Å²) in [6.45, 7) is 0.139. The van der Waals surface area contributed by atoms with Gasteiger partial charge in [-0.1, -0.05) is 25.7 Å². The summed E-state index contributed by atoms with van der Waals surface area (Å²) in [6.07, 6.45) is 6.01. The Morgan fingerprint density at radius 3 is 2.29 bits per heavy atom. The molecule has 0 unspecified atom stereocenters. The van der Waals surface area contributed by atoms with Gasteiger partial charge in [0.15, 0.2) is 0 Å². The summed E-state index contributed by atoms with van der Waals surface area (Å²) in [4.78, 5) is 23.0. The minimum absolute atomic E-state index is 0.0130. The van der Waals surface area contributed by atoms with Gasteiger partial charge in [0.25, 0.3) is 0 Å². The molecule has 78 valence electrons. The molecule has 0 aromatic carbocycles. The Morgan fingerprint density at radius 2 is 1.64 bits per heavy atom. The van der Waals surface area contributed by atoms with Crippen molar-refractivity contribution in [1.29, 1.82) is 0 Å². The van der Waals surface area contributed by atoms with Crippen LogP contribution in [0.4, 0.5) is 0 Å². The van der Waals surface area contributed by atoms with Crippen LogP contribution in [0.15, 0.2) is 0 Å². The topological polar surface area (TPSA) is 58.2 Å². The third-order valence-electron chi connectivity index (χ3n) is 3.18. The molecule has 1 spiro atoms. The molecule has 1 aliphatic carbocycles. The smallest absolute Gasteiger partial charge is 0.246 e. The van der Waals surface area contributed by atoms with Crippen molar-refractivity contribution in [1.82, 2.24) is 10.6 Å².